The molecule has 0 fully saturated rings. The Hall–Kier alpha value is -2.88. The summed E-state index contributed by atoms with van der Waals surface area (Å²) < 4.78 is 5.01. The van der Waals surface area contributed by atoms with Crippen LogP contribution in [0.1, 0.15) is 22.8 Å². The first-order chi connectivity index (χ1) is 11.2. The average Bonchev–Trinajstić information content (AvgIpc) is 2.60. The number of carbonyl (C=O) groups excluding carboxylic acids is 2. The molecule has 118 valence electrons. The van der Waals surface area contributed by atoms with Crippen molar-refractivity contribution in [3.8, 4) is 0 Å². The van der Waals surface area contributed by atoms with Crippen molar-refractivity contribution in [3.63, 3.8) is 0 Å². The molecule has 0 saturated carbocycles. The van der Waals surface area contributed by atoms with Crippen molar-refractivity contribution in [2.24, 2.45) is 0 Å². The van der Waals surface area contributed by atoms with Gasteiger partial charge in [0.2, 0.25) is 0 Å². The third-order valence-corrected chi connectivity index (χ3v) is 3.16. The average molecular weight is 309 g/mol. The number of carbonyl (C=O) groups is 2. The molecular weight excluding hydrogens is 290 g/mol. The molecule has 1 N–H and O–H groups in total. The highest BCUT2D eigenvalue weighted by molar-refractivity contribution is 6.01. The maximum atomic E-state index is 12.2. The number of allylic oxidation sites excluding steroid dienone is 1. The Morgan fingerprint density at radius 2 is 1.61 bits per heavy atom. The van der Waals surface area contributed by atoms with Gasteiger partial charge in [-0.25, -0.2) is 4.79 Å². The first kappa shape index (κ1) is 16.5. The van der Waals surface area contributed by atoms with Crippen LogP contribution in [0.4, 0.5) is 0 Å². The van der Waals surface area contributed by atoms with Gasteiger partial charge in [-0.15, -0.1) is 0 Å². The second-order valence-corrected chi connectivity index (χ2v) is 4.85. The summed E-state index contributed by atoms with van der Waals surface area (Å²) in [5.41, 5.74) is 1.69. The highest BCUT2D eigenvalue weighted by Gasteiger charge is 2.14. The predicted octanol–water partition coefficient (Wildman–Crippen LogP) is 3.11. The van der Waals surface area contributed by atoms with E-state index in [2.05, 4.69) is 5.32 Å². The van der Waals surface area contributed by atoms with Gasteiger partial charge in [0.25, 0.3) is 5.91 Å². The Kier molecular flexibility index (Phi) is 6.12. The van der Waals surface area contributed by atoms with Crippen molar-refractivity contribution in [2.75, 3.05) is 6.61 Å². The Balaban J connectivity index is 2.14. The lowest BCUT2D eigenvalue weighted by molar-refractivity contribution is -0.138. The third kappa shape index (κ3) is 5.11. The fourth-order valence-electron chi connectivity index (χ4n) is 2.01. The van der Waals surface area contributed by atoms with Gasteiger partial charge in [0.1, 0.15) is 5.70 Å². The van der Waals surface area contributed by atoms with E-state index in [1.807, 2.05) is 36.4 Å². The van der Waals surface area contributed by atoms with Gasteiger partial charge >= 0.3 is 5.97 Å². The minimum Gasteiger partial charge on any atom is -0.461 e. The molecular formula is C19H19NO3. The zero-order chi connectivity index (χ0) is 16.5. The van der Waals surface area contributed by atoms with Crippen LogP contribution in [0, 0.1) is 0 Å². The van der Waals surface area contributed by atoms with E-state index >= 15 is 0 Å². The van der Waals surface area contributed by atoms with Crippen LogP contribution in [0.2, 0.25) is 0 Å². The number of nitrogens with one attached hydrogen (secondary N) is 1. The van der Waals surface area contributed by atoms with Crippen molar-refractivity contribution >= 4 is 11.9 Å². The van der Waals surface area contributed by atoms with E-state index in [0.29, 0.717) is 12.0 Å². The Morgan fingerprint density at radius 1 is 1.00 bits per heavy atom. The summed E-state index contributed by atoms with van der Waals surface area (Å²) in [6.45, 7) is 1.98. The molecule has 0 radical (unpaired) electrons. The van der Waals surface area contributed by atoms with E-state index in [9.17, 15) is 9.59 Å². The molecule has 4 heteroatoms. The second kappa shape index (κ2) is 8.54. The van der Waals surface area contributed by atoms with Gasteiger partial charge in [-0.05, 0) is 37.1 Å². The minimum atomic E-state index is -0.535. The number of amides is 1. The van der Waals surface area contributed by atoms with Crippen molar-refractivity contribution < 1.29 is 14.3 Å². The lowest BCUT2D eigenvalue weighted by Gasteiger charge is -2.09. The van der Waals surface area contributed by atoms with Crippen LogP contribution in [0.15, 0.2) is 72.4 Å². The van der Waals surface area contributed by atoms with Crippen LogP contribution in [-0.2, 0) is 16.0 Å². The maximum Gasteiger partial charge on any atom is 0.354 e. The fourth-order valence-corrected chi connectivity index (χ4v) is 2.01. The number of benzene rings is 2. The Labute approximate surface area is 135 Å². The second-order valence-electron chi connectivity index (χ2n) is 4.85. The molecule has 0 unspecified atom stereocenters. The van der Waals surface area contributed by atoms with Crippen molar-refractivity contribution in [2.45, 2.75) is 13.3 Å². The molecule has 1 amide bonds. The number of rotatable bonds is 6. The van der Waals surface area contributed by atoms with Gasteiger partial charge in [0.05, 0.1) is 6.61 Å². The van der Waals surface area contributed by atoms with Gasteiger partial charge < -0.3 is 10.1 Å². The molecule has 2 aromatic rings. The van der Waals surface area contributed by atoms with Gasteiger partial charge in [0, 0.05) is 5.56 Å². The lowest BCUT2D eigenvalue weighted by Crippen LogP contribution is -2.28. The molecule has 2 rings (SSSR count). The lowest BCUT2D eigenvalue weighted by atomic mass is 10.1. The zero-order valence-electron chi connectivity index (χ0n) is 13.0. The van der Waals surface area contributed by atoms with Crippen molar-refractivity contribution in [1.29, 1.82) is 0 Å². The van der Waals surface area contributed by atoms with Gasteiger partial charge in [-0.1, -0.05) is 48.5 Å². The summed E-state index contributed by atoms with van der Waals surface area (Å²) in [7, 11) is 0. The molecule has 0 spiro atoms. The summed E-state index contributed by atoms with van der Waals surface area (Å²) in [5.74, 6) is -0.870. The molecule has 0 aliphatic heterocycles. The molecule has 0 heterocycles. The molecule has 0 aromatic heterocycles. The first-order valence-corrected chi connectivity index (χ1v) is 7.48. The number of hydrogen-bond donors (Lipinski definition) is 1. The SMILES string of the molecule is CCOC(=O)/C(=C/Cc1ccccc1)NC(=O)c1ccccc1. The molecule has 0 aliphatic rings. The summed E-state index contributed by atoms with van der Waals surface area (Å²) in [6, 6.07) is 18.4. The normalized spacial score (nSPS) is 10.9. The molecule has 0 atom stereocenters. The quantitative estimate of drug-likeness (QED) is 0.659. The Bertz CT molecular complexity index is 678. The monoisotopic (exact) mass is 309 g/mol. The largest absolute Gasteiger partial charge is 0.461 e. The van der Waals surface area contributed by atoms with Gasteiger partial charge in [0.15, 0.2) is 0 Å². The number of hydrogen-bond acceptors (Lipinski definition) is 3. The number of ether oxygens (including phenoxy) is 1. The van der Waals surface area contributed by atoms with Crippen LogP contribution in [-0.4, -0.2) is 18.5 Å². The highest BCUT2D eigenvalue weighted by Crippen LogP contribution is 2.06. The molecule has 0 bridgehead atoms. The summed E-state index contributed by atoms with van der Waals surface area (Å²) >= 11 is 0. The summed E-state index contributed by atoms with van der Waals surface area (Å²) in [4.78, 5) is 24.2. The standard InChI is InChI=1S/C19H19NO3/c1-2-23-19(22)17(14-13-15-9-5-3-6-10-15)20-18(21)16-11-7-4-8-12-16/h3-12,14H,2,13H2,1H3,(H,20,21)/b17-14-. The topological polar surface area (TPSA) is 55.4 Å². The van der Waals surface area contributed by atoms with Crippen LogP contribution >= 0.6 is 0 Å². The van der Waals surface area contributed by atoms with E-state index < -0.39 is 5.97 Å². The zero-order valence-corrected chi connectivity index (χ0v) is 13.0. The van der Waals surface area contributed by atoms with E-state index in [1.54, 1.807) is 37.3 Å². The molecule has 0 aliphatic carbocycles. The van der Waals surface area contributed by atoms with E-state index in [0.717, 1.165) is 5.56 Å². The van der Waals surface area contributed by atoms with Crippen molar-refractivity contribution in [1.82, 2.24) is 5.32 Å². The number of esters is 1. The molecule has 4 nitrogen and oxygen atoms in total. The molecule has 2 aromatic carbocycles. The smallest absolute Gasteiger partial charge is 0.354 e. The summed E-state index contributed by atoms with van der Waals surface area (Å²) in [6.07, 6.45) is 2.21. The van der Waals surface area contributed by atoms with Gasteiger partial charge in [-0.2, -0.15) is 0 Å². The van der Waals surface area contributed by atoms with Crippen LogP contribution in [0.5, 0.6) is 0 Å². The van der Waals surface area contributed by atoms with Gasteiger partial charge in [-0.3, -0.25) is 4.79 Å². The van der Waals surface area contributed by atoms with E-state index in [1.165, 1.54) is 0 Å². The minimum absolute atomic E-state index is 0.157. The van der Waals surface area contributed by atoms with Crippen LogP contribution in [0.3, 0.4) is 0 Å². The highest BCUT2D eigenvalue weighted by atomic mass is 16.5. The Morgan fingerprint density at radius 3 is 2.22 bits per heavy atom. The van der Waals surface area contributed by atoms with E-state index in [4.69, 9.17) is 4.74 Å². The first-order valence-electron chi connectivity index (χ1n) is 7.48. The summed E-state index contributed by atoms with van der Waals surface area (Å²) in [5, 5.41) is 2.64. The molecule has 23 heavy (non-hydrogen) atoms. The third-order valence-electron chi connectivity index (χ3n) is 3.16. The maximum absolute atomic E-state index is 12.2. The van der Waals surface area contributed by atoms with Crippen LogP contribution in [0.25, 0.3) is 0 Å². The van der Waals surface area contributed by atoms with Crippen molar-refractivity contribution in [3.05, 3.63) is 83.6 Å². The molecule has 0 saturated heterocycles. The van der Waals surface area contributed by atoms with E-state index in [-0.39, 0.29) is 18.2 Å². The fraction of sp³-hybridized carbons (Fsp3) is 0.158. The van der Waals surface area contributed by atoms with Crippen LogP contribution < -0.4 is 5.32 Å². The predicted molar refractivity (Wildman–Crippen MR) is 88.8 cm³/mol.